The second-order valence-electron chi connectivity index (χ2n) is 8.93. The first-order chi connectivity index (χ1) is 16.4. The number of benzene rings is 2. The van der Waals surface area contributed by atoms with E-state index in [1.54, 1.807) is 11.8 Å². The van der Waals surface area contributed by atoms with E-state index in [1.165, 1.54) is 12.5 Å². The number of fused-ring (bicyclic) bond motifs is 1. The Morgan fingerprint density at radius 2 is 1.91 bits per heavy atom. The molecule has 180 valence electrons. The summed E-state index contributed by atoms with van der Waals surface area (Å²) in [5, 5.41) is 6.70. The van der Waals surface area contributed by atoms with E-state index in [4.69, 9.17) is 4.99 Å². The maximum absolute atomic E-state index is 14.2. The van der Waals surface area contributed by atoms with Crippen molar-refractivity contribution in [2.24, 2.45) is 21.8 Å². The summed E-state index contributed by atoms with van der Waals surface area (Å²) in [5.41, 5.74) is 6.73. The number of allylic oxidation sites excluding steroid dienone is 1. The molecule has 2 aromatic rings. The van der Waals surface area contributed by atoms with E-state index in [-0.39, 0.29) is 11.9 Å². The van der Waals surface area contributed by atoms with Crippen LogP contribution >= 0.6 is 0 Å². The van der Waals surface area contributed by atoms with Crippen LogP contribution in [0.3, 0.4) is 0 Å². The van der Waals surface area contributed by atoms with Crippen molar-refractivity contribution >= 4 is 23.9 Å². The Bertz CT molecular complexity index is 1110. The number of nitrogens with one attached hydrogen (secondary N) is 2. The highest BCUT2D eigenvalue weighted by atomic mass is 19.1. The number of anilines is 1. The third-order valence-electron chi connectivity index (χ3n) is 6.38. The zero-order valence-electron chi connectivity index (χ0n) is 21.2. The van der Waals surface area contributed by atoms with Crippen molar-refractivity contribution in [2.45, 2.75) is 54.0 Å². The normalized spacial score (nSPS) is 20.9. The van der Waals surface area contributed by atoms with Gasteiger partial charge in [-0.1, -0.05) is 44.6 Å². The van der Waals surface area contributed by atoms with Gasteiger partial charge in [0.15, 0.2) is 0 Å². The predicted octanol–water partition coefficient (Wildman–Crippen LogP) is 7.04. The van der Waals surface area contributed by atoms with Crippen molar-refractivity contribution in [1.29, 1.82) is 0 Å². The maximum atomic E-state index is 14.2. The monoisotopic (exact) mass is 460 g/mol. The molecule has 0 heterocycles. The van der Waals surface area contributed by atoms with Crippen LogP contribution < -0.4 is 10.6 Å². The minimum Gasteiger partial charge on any atom is -0.363 e. The lowest BCUT2D eigenvalue weighted by Crippen LogP contribution is -2.38. The third kappa shape index (κ3) is 5.82. The van der Waals surface area contributed by atoms with Gasteiger partial charge >= 0.3 is 0 Å². The van der Waals surface area contributed by atoms with E-state index in [2.05, 4.69) is 41.4 Å². The quantitative estimate of drug-likeness (QED) is 0.265. The van der Waals surface area contributed by atoms with E-state index in [0.717, 1.165) is 39.7 Å². The summed E-state index contributed by atoms with van der Waals surface area (Å²) in [6.45, 7) is 16.3. The molecule has 2 aliphatic carbocycles. The number of nitrogens with zero attached hydrogens (tertiary/aromatic N) is 2. The minimum absolute atomic E-state index is 0.249. The van der Waals surface area contributed by atoms with Crippen LogP contribution in [0.4, 0.5) is 15.8 Å². The summed E-state index contributed by atoms with van der Waals surface area (Å²) in [6.07, 6.45) is 7.22. The summed E-state index contributed by atoms with van der Waals surface area (Å²) in [5.74, 6) is 1.84. The number of aryl methyl sites for hydroxylation is 3. The molecule has 34 heavy (non-hydrogen) atoms. The van der Waals surface area contributed by atoms with Crippen LogP contribution in [-0.4, -0.2) is 25.1 Å². The molecule has 2 aliphatic rings. The van der Waals surface area contributed by atoms with E-state index >= 15 is 0 Å². The van der Waals surface area contributed by atoms with Gasteiger partial charge in [0.2, 0.25) is 0 Å². The lowest BCUT2D eigenvalue weighted by atomic mass is 10.00. The van der Waals surface area contributed by atoms with Gasteiger partial charge < -0.3 is 10.6 Å². The number of aliphatic imine (C=N–C) groups is 2. The molecule has 2 aromatic carbocycles. The van der Waals surface area contributed by atoms with Crippen molar-refractivity contribution in [3.63, 3.8) is 0 Å². The predicted molar refractivity (Wildman–Crippen MR) is 144 cm³/mol. The van der Waals surface area contributed by atoms with Crippen molar-refractivity contribution in [3.05, 3.63) is 82.3 Å². The number of rotatable bonds is 7. The lowest BCUT2D eigenvalue weighted by Gasteiger charge is -2.22. The topological polar surface area (TPSA) is 48.8 Å². The molecular formula is C29H37FN4. The summed E-state index contributed by atoms with van der Waals surface area (Å²) < 4.78 is 14.2. The van der Waals surface area contributed by atoms with Crippen molar-refractivity contribution in [1.82, 2.24) is 5.32 Å². The second-order valence-corrected chi connectivity index (χ2v) is 8.93. The van der Waals surface area contributed by atoms with Gasteiger partial charge in [-0.25, -0.2) is 4.39 Å². The Labute approximate surface area is 203 Å². The molecule has 3 atom stereocenters. The molecule has 0 aromatic heterocycles. The molecule has 4 rings (SSSR count). The molecule has 1 fully saturated rings. The van der Waals surface area contributed by atoms with Gasteiger partial charge in [0.1, 0.15) is 11.7 Å². The highest BCUT2D eigenvalue weighted by Gasteiger charge is 2.44. The molecule has 2 N–H and O–H groups in total. The molecule has 0 amide bonds. The van der Waals surface area contributed by atoms with E-state index in [9.17, 15) is 4.39 Å². The number of hydrogen-bond acceptors (Lipinski definition) is 3. The molecule has 0 bridgehead atoms. The Kier molecular flexibility index (Phi) is 8.43. The van der Waals surface area contributed by atoms with Gasteiger partial charge in [-0.3, -0.25) is 9.98 Å². The average Bonchev–Trinajstić information content (AvgIpc) is 3.52. The summed E-state index contributed by atoms with van der Waals surface area (Å²) in [4.78, 5) is 9.05. The van der Waals surface area contributed by atoms with Gasteiger partial charge in [-0.2, -0.15) is 0 Å². The maximum Gasteiger partial charge on any atom is 0.147 e. The first kappa shape index (κ1) is 25.4. The fourth-order valence-electron chi connectivity index (χ4n) is 4.49. The van der Waals surface area contributed by atoms with Gasteiger partial charge in [-0.15, -0.1) is 0 Å². The molecule has 0 spiro atoms. The molecule has 3 unspecified atom stereocenters. The zero-order chi connectivity index (χ0) is 24.8. The largest absolute Gasteiger partial charge is 0.363 e. The van der Waals surface area contributed by atoms with Gasteiger partial charge in [0.25, 0.3) is 0 Å². The Morgan fingerprint density at radius 3 is 2.56 bits per heavy atom. The Hall–Kier alpha value is -3.21. The smallest absolute Gasteiger partial charge is 0.147 e. The van der Waals surface area contributed by atoms with Crippen molar-refractivity contribution < 1.29 is 4.39 Å². The number of hydrogen-bond donors (Lipinski definition) is 2. The Balaban J connectivity index is 0.00000158. The Morgan fingerprint density at radius 1 is 1.15 bits per heavy atom. The summed E-state index contributed by atoms with van der Waals surface area (Å²) >= 11 is 0. The third-order valence-corrected chi connectivity index (χ3v) is 6.38. The molecule has 0 radical (unpaired) electrons. The van der Waals surface area contributed by atoms with Crippen LogP contribution in [0, 0.1) is 38.4 Å². The van der Waals surface area contributed by atoms with Crippen molar-refractivity contribution in [2.75, 3.05) is 11.9 Å². The van der Waals surface area contributed by atoms with E-state index in [0.29, 0.717) is 18.2 Å². The van der Waals surface area contributed by atoms with Gasteiger partial charge in [0.05, 0.1) is 17.9 Å². The minimum atomic E-state index is -0.249. The molecule has 0 aliphatic heterocycles. The highest BCUT2D eigenvalue weighted by molar-refractivity contribution is 6.03. The van der Waals surface area contributed by atoms with Gasteiger partial charge in [-0.05, 0) is 92.9 Å². The second kappa shape index (κ2) is 11.3. The van der Waals surface area contributed by atoms with E-state index in [1.807, 2.05) is 58.9 Å². The fourth-order valence-corrected chi connectivity index (χ4v) is 4.49. The first-order valence-corrected chi connectivity index (χ1v) is 12.1. The summed E-state index contributed by atoms with van der Waals surface area (Å²) in [7, 11) is 0. The molecule has 5 heteroatoms. The SMILES string of the molecule is C=Nc1cc(C)ccc1C(=NC/C=C/Nc1c(C)cc(C)cc1F)NC1C=C2CC2C1C.CC. The van der Waals surface area contributed by atoms with Crippen LogP contribution in [0.5, 0.6) is 0 Å². The lowest BCUT2D eigenvalue weighted by molar-refractivity contribution is 0.461. The fraction of sp³-hybridized carbons (Fsp3) is 0.379. The molecule has 1 saturated carbocycles. The van der Waals surface area contributed by atoms with Crippen molar-refractivity contribution in [3.8, 4) is 0 Å². The van der Waals surface area contributed by atoms with Crippen LogP contribution in [0.2, 0.25) is 0 Å². The average molecular weight is 461 g/mol. The van der Waals surface area contributed by atoms with Crippen LogP contribution in [0.15, 0.2) is 64.2 Å². The van der Waals surface area contributed by atoms with Crippen LogP contribution in [-0.2, 0) is 0 Å². The number of amidine groups is 1. The first-order valence-electron chi connectivity index (χ1n) is 12.1. The van der Waals surface area contributed by atoms with E-state index < -0.39 is 0 Å². The summed E-state index contributed by atoms with van der Waals surface area (Å²) in [6, 6.07) is 9.90. The molecule has 4 nitrogen and oxygen atoms in total. The van der Waals surface area contributed by atoms with Crippen LogP contribution in [0.25, 0.3) is 0 Å². The molecular weight excluding hydrogens is 423 g/mol. The van der Waals surface area contributed by atoms with Crippen LogP contribution in [0.1, 0.15) is 49.4 Å². The highest BCUT2D eigenvalue weighted by Crippen LogP contribution is 2.50. The standard InChI is InChI=1S/C27H31FN4.C2H6/c1-16-7-8-21(25(13-16)29-5)27(32-24-15-20-14-22(20)19(24)4)31-10-6-9-30-26-18(3)11-17(2)12-23(26)28;1-2/h6-9,11-13,15,19,22,24,30H,5,10,14H2,1-4H3,(H,31,32);1-2H3/b9-6+;. The zero-order valence-corrected chi connectivity index (χ0v) is 21.2. The molecule has 0 saturated heterocycles. The van der Waals surface area contributed by atoms with Gasteiger partial charge in [0, 0.05) is 11.6 Å². The number of halogens is 1.